The monoisotopic (exact) mass is 363 g/mol. The van der Waals surface area contributed by atoms with Crippen molar-refractivity contribution in [2.24, 2.45) is 0 Å². The van der Waals surface area contributed by atoms with Crippen LogP contribution in [0.2, 0.25) is 0 Å². The van der Waals surface area contributed by atoms with Crippen molar-refractivity contribution in [2.45, 2.75) is 6.42 Å². The Morgan fingerprint density at radius 3 is 2.50 bits per heavy atom. The molecule has 1 heterocycles. The molecule has 0 saturated carbocycles. The van der Waals surface area contributed by atoms with Gasteiger partial charge in [0.25, 0.3) is 0 Å². The Balaban J connectivity index is 1.73. The van der Waals surface area contributed by atoms with Crippen LogP contribution in [-0.4, -0.2) is 20.9 Å². The molecular formula is C21H18NO3P. The number of hydrogen-bond donors (Lipinski definition) is 2. The molecule has 0 aliphatic carbocycles. The fourth-order valence-electron chi connectivity index (χ4n) is 3.21. The highest BCUT2D eigenvalue weighted by Crippen LogP contribution is 2.35. The lowest BCUT2D eigenvalue weighted by atomic mass is 9.97. The van der Waals surface area contributed by atoms with Gasteiger partial charge in [0.15, 0.2) is 0 Å². The Morgan fingerprint density at radius 2 is 1.65 bits per heavy atom. The van der Waals surface area contributed by atoms with E-state index in [2.05, 4.69) is 41.4 Å². The van der Waals surface area contributed by atoms with Gasteiger partial charge in [-0.1, -0.05) is 54.6 Å². The first kappa shape index (κ1) is 16.9. The summed E-state index contributed by atoms with van der Waals surface area (Å²) in [5.74, 6) is 0. The van der Waals surface area contributed by atoms with Crippen LogP contribution in [0.5, 0.6) is 0 Å². The second-order valence-corrected chi connectivity index (χ2v) is 8.15. The summed E-state index contributed by atoms with van der Waals surface area (Å²) >= 11 is 0. The van der Waals surface area contributed by atoms with Crippen molar-refractivity contribution in [3.8, 4) is 11.1 Å². The molecule has 4 rings (SSSR count). The fourth-order valence-corrected chi connectivity index (χ4v) is 3.73. The van der Waals surface area contributed by atoms with E-state index < -0.39 is 7.60 Å². The first-order valence-corrected chi connectivity index (χ1v) is 10.2. The standard InChI is InChI=1S/C21H18NO3P/c23-26(24,25)13-12-18-10-8-17-14-16(9-11-21(17)22-18)20-7-3-5-15-4-1-2-6-19(15)20/h1-11,14H,12-13H2,(H2,23,24,25). The third kappa shape index (κ3) is 3.54. The third-order valence-electron chi connectivity index (χ3n) is 4.51. The molecule has 5 heteroatoms. The molecule has 2 N–H and O–H groups in total. The van der Waals surface area contributed by atoms with Crippen molar-refractivity contribution >= 4 is 29.3 Å². The summed E-state index contributed by atoms with van der Waals surface area (Å²) in [5.41, 5.74) is 3.82. The second kappa shape index (κ2) is 6.65. The maximum Gasteiger partial charge on any atom is 0.325 e. The van der Waals surface area contributed by atoms with Crippen LogP contribution in [0.1, 0.15) is 5.69 Å². The van der Waals surface area contributed by atoms with Gasteiger partial charge in [-0.05, 0) is 40.1 Å². The summed E-state index contributed by atoms with van der Waals surface area (Å²) in [6.45, 7) is 0. The number of aromatic nitrogens is 1. The van der Waals surface area contributed by atoms with E-state index in [9.17, 15) is 4.57 Å². The van der Waals surface area contributed by atoms with E-state index >= 15 is 0 Å². The van der Waals surface area contributed by atoms with Gasteiger partial charge in [0, 0.05) is 17.5 Å². The quantitative estimate of drug-likeness (QED) is 0.512. The molecule has 130 valence electrons. The Bertz CT molecular complexity index is 1140. The maximum atomic E-state index is 11.0. The van der Waals surface area contributed by atoms with Crippen LogP contribution in [0, 0.1) is 0 Å². The van der Waals surface area contributed by atoms with Gasteiger partial charge in [-0.25, -0.2) is 0 Å². The van der Waals surface area contributed by atoms with Crippen molar-refractivity contribution in [3.63, 3.8) is 0 Å². The van der Waals surface area contributed by atoms with Gasteiger partial charge >= 0.3 is 7.60 Å². The van der Waals surface area contributed by atoms with E-state index in [1.165, 1.54) is 16.3 Å². The predicted molar refractivity (Wildman–Crippen MR) is 105 cm³/mol. The Hall–Kier alpha value is -2.52. The van der Waals surface area contributed by atoms with Gasteiger partial charge in [0.1, 0.15) is 0 Å². The molecule has 0 amide bonds. The SMILES string of the molecule is O=P(O)(O)CCc1ccc2cc(-c3cccc4ccccc34)ccc2n1. The van der Waals surface area contributed by atoms with E-state index in [0.29, 0.717) is 5.69 Å². The number of hydrogen-bond acceptors (Lipinski definition) is 2. The lowest BCUT2D eigenvalue weighted by molar-refractivity contribution is 0.373. The summed E-state index contributed by atoms with van der Waals surface area (Å²) in [6, 6.07) is 24.5. The molecule has 0 unspecified atom stereocenters. The summed E-state index contributed by atoms with van der Waals surface area (Å²) in [5, 5.41) is 3.42. The first-order valence-electron chi connectivity index (χ1n) is 8.42. The number of pyridine rings is 1. The highest BCUT2D eigenvalue weighted by molar-refractivity contribution is 7.51. The van der Waals surface area contributed by atoms with Crippen LogP contribution in [0.3, 0.4) is 0 Å². The summed E-state index contributed by atoms with van der Waals surface area (Å²) in [6.07, 6.45) is 0.0882. The maximum absolute atomic E-state index is 11.0. The molecule has 0 atom stereocenters. The largest absolute Gasteiger partial charge is 0.325 e. The Morgan fingerprint density at radius 1 is 0.846 bits per heavy atom. The molecule has 0 saturated heterocycles. The van der Waals surface area contributed by atoms with Gasteiger partial charge in [0.05, 0.1) is 11.7 Å². The molecule has 4 nitrogen and oxygen atoms in total. The lowest BCUT2D eigenvalue weighted by Gasteiger charge is -2.09. The van der Waals surface area contributed by atoms with Crippen LogP contribution < -0.4 is 0 Å². The van der Waals surface area contributed by atoms with E-state index in [-0.39, 0.29) is 12.6 Å². The van der Waals surface area contributed by atoms with Gasteiger partial charge < -0.3 is 9.79 Å². The Labute approximate surface area is 151 Å². The van der Waals surface area contributed by atoms with Crippen molar-refractivity contribution in [3.05, 3.63) is 78.5 Å². The second-order valence-electron chi connectivity index (χ2n) is 6.38. The molecule has 0 spiro atoms. The van der Waals surface area contributed by atoms with Crippen LogP contribution in [-0.2, 0) is 11.0 Å². The van der Waals surface area contributed by atoms with E-state index in [1.807, 2.05) is 36.4 Å². The molecule has 1 aromatic heterocycles. The number of benzene rings is 3. The van der Waals surface area contributed by atoms with Crippen LogP contribution in [0.4, 0.5) is 0 Å². The van der Waals surface area contributed by atoms with Gasteiger partial charge in [-0.3, -0.25) is 9.55 Å². The highest BCUT2D eigenvalue weighted by atomic mass is 31.2. The van der Waals surface area contributed by atoms with Crippen molar-refractivity contribution < 1.29 is 14.4 Å². The van der Waals surface area contributed by atoms with E-state index in [0.717, 1.165) is 16.5 Å². The normalized spacial score (nSPS) is 11.9. The summed E-state index contributed by atoms with van der Waals surface area (Å²) in [7, 11) is -4.00. The fraction of sp³-hybridized carbons (Fsp3) is 0.0952. The number of fused-ring (bicyclic) bond motifs is 2. The van der Waals surface area contributed by atoms with E-state index in [1.54, 1.807) is 0 Å². The smallest absolute Gasteiger partial charge is 0.324 e. The topological polar surface area (TPSA) is 70.4 Å². The molecule has 0 radical (unpaired) electrons. The molecule has 0 aliphatic heterocycles. The number of rotatable bonds is 4. The average molecular weight is 363 g/mol. The molecule has 0 aliphatic rings. The van der Waals surface area contributed by atoms with Crippen LogP contribution in [0.15, 0.2) is 72.8 Å². The zero-order chi connectivity index (χ0) is 18.1. The molecule has 26 heavy (non-hydrogen) atoms. The average Bonchev–Trinajstić information content (AvgIpc) is 2.65. The number of nitrogens with zero attached hydrogens (tertiary/aromatic N) is 1. The minimum absolute atomic E-state index is 0.181. The molecule has 4 aromatic rings. The zero-order valence-corrected chi connectivity index (χ0v) is 14.9. The number of aryl methyl sites for hydroxylation is 1. The van der Waals surface area contributed by atoms with Crippen LogP contribution in [0.25, 0.3) is 32.8 Å². The van der Waals surface area contributed by atoms with Crippen molar-refractivity contribution in [1.29, 1.82) is 0 Å². The summed E-state index contributed by atoms with van der Waals surface area (Å²) in [4.78, 5) is 22.6. The van der Waals surface area contributed by atoms with Crippen molar-refractivity contribution in [2.75, 3.05) is 6.16 Å². The third-order valence-corrected chi connectivity index (χ3v) is 5.31. The lowest BCUT2D eigenvalue weighted by Crippen LogP contribution is -1.97. The zero-order valence-electron chi connectivity index (χ0n) is 14.0. The Kier molecular flexibility index (Phi) is 4.33. The summed E-state index contributed by atoms with van der Waals surface area (Å²) < 4.78 is 11.0. The minimum Gasteiger partial charge on any atom is -0.324 e. The molecular weight excluding hydrogens is 345 g/mol. The predicted octanol–water partition coefficient (Wildman–Crippen LogP) is 4.78. The van der Waals surface area contributed by atoms with Gasteiger partial charge in [0.2, 0.25) is 0 Å². The van der Waals surface area contributed by atoms with Gasteiger partial charge in [-0.15, -0.1) is 0 Å². The minimum atomic E-state index is -4.00. The van der Waals surface area contributed by atoms with Crippen LogP contribution >= 0.6 is 7.60 Å². The molecule has 0 fully saturated rings. The highest BCUT2D eigenvalue weighted by Gasteiger charge is 2.13. The molecule has 3 aromatic carbocycles. The molecule has 0 bridgehead atoms. The van der Waals surface area contributed by atoms with E-state index in [4.69, 9.17) is 9.79 Å². The van der Waals surface area contributed by atoms with Gasteiger partial charge in [-0.2, -0.15) is 0 Å². The van der Waals surface area contributed by atoms with Crippen molar-refractivity contribution in [1.82, 2.24) is 4.98 Å². The first-order chi connectivity index (χ1) is 12.5.